The van der Waals surface area contributed by atoms with Gasteiger partial charge in [-0.15, -0.1) is 0 Å². The molecule has 0 aliphatic heterocycles. The van der Waals surface area contributed by atoms with Crippen LogP contribution >= 0.6 is 39.1 Å². The van der Waals surface area contributed by atoms with E-state index in [4.69, 9.17) is 32.7 Å². The second-order valence-corrected chi connectivity index (χ2v) is 7.45. The molecule has 0 aliphatic rings. The second-order valence-electron chi connectivity index (χ2n) is 5.73. The van der Waals surface area contributed by atoms with E-state index in [9.17, 15) is 0 Å². The van der Waals surface area contributed by atoms with E-state index in [1.807, 2.05) is 54.6 Å². The summed E-state index contributed by atoms with van der Waals surface area (Å²) in [5.41, 5.74) is 2.94. The van der Waals surface area contributed by atoms with Gasteiger partial charge in [0.05, 0.1) is 14.2 Å². The number of rotatable bonds is 5. The first-order valence-electron chi connectivity index (χ1n) is 7.96. The summed E-state index contributed by atoms with van der Waals surface area (Å²) in [6.45, 7) is 0. The fourth-order valence-corrected chi connectivity index (χ4v) is 3.95. The van der Waals surface area contributed by atoms with E-state index in [0.29, 0.717) is 10.0 Å². The third-order valence-electron chi connectivity index (χ3n) is 4.22. The van der Waals surface area contributed by atoms with Crippen LogP contribution in [-0.4, -0.2) is 14.2 Å². The Morgan fingerprint density at radius 2 is 1.23 bits per heavy atom. The van der Waals surface area contributed by atoms with Crippen LogP contribution in [-0.2, 0) is 0 Å². The molecule has 0 unspecified atom stereocenters. The van der Waals surface area contributed by atoms with Crippen molar-refractivity contribution in [2.75, 3.05) is 14.2 Å². The Labute approximate surface area is 171 Å². The minimum absolute atomic E-state index is 0.173. The van der Waals surface area contributed by atoms with Gasteiger partial charge in [0, 0.05) is 31.6 Å². The van der Waals surface area contributed by atoms with Crippen molar-refractivity contribution in [3.8, 4) is 11.5 Å². The van der Waals surface area contributed by atoms with Crippen molar-refractivity contribution in [2.24, 2.45) is 0 Å². The minimum atomic E-state index is -0.173. The third-order valence-corrected chi connectivity index (χ3v) is 5.41. The molecule has 0 fully saturated rings. The molecule has 0 bridgehead atoms. The number of methoxy groups -OCH3 is 2. The average Bonchev–Trinajstić information content (AvgIpc) is 2.64. The normalized spacial score (nSPS) is 10.8. The molecular weight excluding hydrogens is 435 g/mol. The van der Waals surface area contributed by atoms with Crippen LogP contribution in [0.5, 0.6) is 11.5 Å². The topological polar surface area (TPSA) is 18.5 Å². The van der Waals surface area contributed by atoms with Gasteiger partial charge in [-0.1, -0.05) is 57.3 Å². The molecule has 0 saturated carbocycles. The van der Waals surface area contributed by atoms with Gasteiger partial charge in [0.1, 0.15) is 11.5 Å². The first-order chi connectivity index (χ1) is 12.5. The third kappa shape index (κ3) is 3.85. The molecule has 0 radical (unpaired) electrons. The quantitative estimate of drug-likeness (QED) is 0.390. The first-order valence-corrected chi connectivity index (χ1v) is 9.51. The number of ether oxygens (including phenoxy) is 2. The van der Waals surface area contributed by atoms with Crippen molar-refractivity contribution in [2.45, 2.75) is 5.92 Å². The lowest BCUT2D eigenvalue weighted by Crippen LogP contribution is -2.08. The highest BCUT2D eigenvalue weighted by Crippen LogP contribution is 2.44. The smallest absolute Gasteiger partial charge is 0.123 e. The monoisotopic (exact) mass is 450 g/mol. The summed E-state index contributed by atoms with van der Waals surface area (Å²) < 4.78 is 12.2. The highest BCUT2D eigenvalue weighted by molar-refractivity contribution is 9.10. The number of hydrogen-bond acceptors (Lipinski definition) is 2. The molecular formula is C21H17BrCl2O2. The van der Waals surface area contributed by atoms with Crippen molar-refractivity contribution in [1.82, 2.24) is 0 Å². The van der Waals surface area contributed by atoms with Gasteiger partial charge in [-0.3, -0.25) is 0 Å². The Morgan fingerprint density at radius 1 is 0.731 bits per heavy atom. The fourth-order valence-electron chi connectivity index (χ4n) is 3.07. The summed E-state index contributed by atoms with van der Waals surface area (Å²) in [4.78, 5) is 0. The fraction of sp³-hybridized carbons (Fsp3) is 0.143. The second kappa shape index (κ2) is 8.34. The zero-order valence-corrected chi connectivity index (χ0v) is 17.4. The number of benzene rings is 3. The summed E-state index contributed by atoms with van der Waals surface area (Å²) in [5.74, 6) is 1.32. The zero-order chi connectivity index (χ0) is 18.7. The summed E-state index contributed by atoms with van der Waals surface area (Å²) in [7, 11) is 3.30. The maximum atomic E-state index is 6.31. The van der Waals surface area contributed by atoms with E-state index in [1.165, 1.54) is 0 Å². The standard InChI is InChI=1S/C21H17BrCl2O2/c1-25-19-9-7-13(23)11-16(19)21(15-5-3-4-6-18(15)22)17-12-14(24)8-10-20(17)26-2/h3-12,21H,1-2H3. The Morgan fingerprint density at radius 3 is 1.69 bits per heavy atom. The predicted octanol–water partition coefficient (Wildman–Crippen LogP) is 6.95. The van der Waals surface area contributed by atoms with Crippen molar-refractivity contribution < 1.29 is 9.47 Å². The molecule has 0 spiro atoms. The lowest BCUT2D eigenvalue weighted by molar-refractivity contribution is 0.402. The maximum absolute atomic E-state index is 6.31. The average molecular weight is 452 g/mol. The number of halogens is 3. The van der Waals surface area contributed by atoms with Crippen LogP contribution < -0.4 is 9.47 Å². The van der Waals surface area contributed by atoms with E-state index >= 15 is 0 Å². The van der Waals surface area contributed by atoms with Gasteiger partial charge < -0.3 is 9.47 Å². The van der Waals surface area contributed by atoms with E-state index in [-0.39, 0.29) is 5.92 Å². The van der Waals surface area contributed by atoms with Crippen LogP contribution in [0.15, 0.2) is 65.1 Å². The Balaban J connectivity index is 2.34. The molecule has 134 valence electrons. The van der Waals surface area contributed by atoms with Crippen molar-refractivity contribution in [3.05, 3.63) is 91.9 Å². The molecule has 0 heterocycles. The SMILES string of the molecule is COc1ccc(Cl)cc1C(c1ccccc1Br)c1cc(Cl)ccc1OC. The minimum Gasteiger partial charge on any atom is -0.496 e. The molecule has 2 nitrogen and oxygen atoms in total. The summed E-state index contributed by atoms with van der Waals surface area (Å²) in [5, 5.41) is 1.28. The van der Waals surface area contributed by atoms with E-state index < -0.39 is 0 Å². The highest BCUT2D eigenvalue weighted by atomic mass is 79.9. The number of hydrogen-bond donors (Lipinski definition) is 0. The van der Waals surface area contributed by atoms with Crippen molar-refractivity contribution >= 4 is 39.1 Å². The Kier molecular flexibility index (Phi) is 6.13. The van der Waals surface area contributed by atoms with Crippen molar-refractivity contribution in [3.63, 3.8) is 0 Å². The maximum Gasteiger partial charge on any atom is 0.123 e. The van der Waals surface area contributed by atoms with Crippen LogP contribution in [0.1, 0.15) is 22.6 Å². The molecule has 0 N–H and O–H groups in total. The molecule has 3 aromatic carbocycles. The van der Waals surface area contributed by atoms with E-state index in [2.05, 4.69) is 22.0 Å². The highest BCUT2D eigenvalue weighted by Gasteiger charge is 2.26. The summed E-state index contributed by atoms with van der Waals surface area (Å²) in [6.07, 6.45) is 0. The van der Waals surface area contributed by atoms with Crippen LogP contribution in [0.4, 0.5) is 0 Å². The van der Waals surface area contributed by atoms with Crippen molar-refractivity contribution in [1.29, 1.82) is 0 Å². The zero-order valence-electron chi connectivity index (χ0n) is 14.3. The molecule has 0 saturated heterocycles. The molecule has 0 aliphatic carbocycles. The van der Waals surface area contributed by atoms with Gasteiger partial charge in [-0.2, -0.15) is 0 Å². The van der Waals surface area contributed by atoms with Crippen LogP contribution in [0.2, 0.25) is 10.0 Å². The molecule has 3 aromatic rings. The summed E-state index contributed by atoms with van der Waals surface area (Å²) in [6, 6.07) is 19.3. The van der Waals surface area contributed by atoms with Crippen LogP contribution in [0.3, 0.4) is 0 Å². The van der Waals surface area contributed by atoms with E-state index in [1.54, 1.807) is 14.2 Å². The largest absolute Gasteiger partial charge is 0.496 e. The first kappa shape index (κ1) is 19.1. The van der Waals surface area contributed by atoms with Gasteiger partial charge in [-0.05, 0) is 48.0 Å². The Bertz CT molecular complexity index is 874. The lowest BCUT2D eigenvalue weighted by atomic mass is 9.84. The van der Waals surface area contributed by atoms with Crippen LogP contribution in [0.25, 0.3) is 0 Å². The molecule has 5 heteroatoms. The van der Waals surface area contributed by atoms with Gasteiger partial charge in [0.15, 0.2) is 0 Å². The lowest BCUT2D eigenvalue weighted by Gasteiger charge is -2.24. The van der Waals surface area contributed by atoms with Gasteiger partial charge in [0.25, 0.3) is 0 Å². The Hall–Kier alpha value is -1.68. The van der Waals surface area contributed by atoms with Gasteiger partial charge >= 0.3 is 0 Å². The van der Waals surface area contributed by atoms with E-state index in [0.717, 1.165) is 32.7 Å². The molecule has 0 amide bonds. The molecule has 3 rings (SSSR count). The predicted molar refractivity (Wildman–Crippen MR) is 111 cm³/mol. The molecule has 0 atom stereocenters. The van der Waals surface area contributed by atoms with Crippen LogP contribution in [0, 0.1) is 0 Å². The van der Waals surface area contributed by atoms with Gasteiger partial charge in [0.2, 0.25) is 0 Å². The summed E-state index contributed by atoms with van der Waals surface area (Å²) >= 11 is 16.3. The van der Waals surface area contributed by atoms with Gasteiger partial charge in [-0.25, -0.2) is 0 Å². The molecule has 26 heavy (non-hydrogen) atoms. The molecule has 0 aromatic heterocycles.